The van der Waals surface area contributed by atoms with Gasteiger partial charge in [0.2, 0.25) is 0 Å². The predicted molar refractivity (Wildman–Crippen MR) is 80.9 cm³/mol. The first-order chi connectivity index (χ1) is 11.2. The minimum atomic E-state index is -2.70. The highest BCUT2D eigenvalue weighted by atomic mass is 16.4. The van der Waals surface area contributed by atoms with Gasteiger partial charge in [0.15, 0.2) is 11.4 Å². The summed E-state index contributed by atoms with van der Waals surface area (Å²) in [6.45, 7) is 0. The lowest BCUT2D eigenvalue weighted by Gasteiger charge is -2.43. The molecule has 0 heterocycles. The van der Waals surface area contributed by atoms with Crippen molar-refractivity contribution in [1.29, 1.82) is 0 Å². The number of aromatic hydroxyl groups is 1. The number of hydrogen-bond donors (Lipinski definition) is 6. The number of carbonyl (C=O) groups is 2. The Morgan fingerprint density at radius 1 is 1.08 bits per heavy atom. The summed E-state index contributed by atoms with van der Waals surface area (Å²) >= 11 is 0. The summed E-state index contributed by atoms with van der Waals surface area (Å²) < 4.78 is 0. The average molecular weight is 338 g/mol. The molecule has 2 rings (SSSR count). The largest absolute Gasteiger partial charge is 0.508 e. The molecular formula is C16H18O8. The van der Waals surface area contributed by atoms with E-state index in [1.807, 2.05) is 0 Å². The Balaban J connectivity index is 2.29. The number of aliphatic hydroxyl groups is 4. The van der Waals surface area contributed by atoms with Crippen LogP contribution in [0.2, 0.25) is 0 Å². The molecule has 1 aromatic rings. The summed E-state index contributed by atoms with van der Waals surface area (Å²) in [4.78, 5) is 23.7. The molecule has 1 saturated carbocycles. The summed E-state index contributed by atoms with van der Waals surface area (Å²) in [5, 5.41) is 57.9. The van der Waals surface area contributed by atoms with Crippen LogP contribution >= 0.6 is 0 Å². The van der Waals surface area contributed by atoms with E-state index in [2.05, 4.69) is 0 Å². The number of ketones is 1. The predicted octanol–water partition coefficient (Wildman–Crippen LogP) is -1.11. The number of hydrogen-bond acceptors (Lipinski definition) is 7. The van der Waals surface area contributed by atoms with Gasteiger partial charge in [-0.05, 0) is 23.8 Å². The van der Waals surface area contributed by atoms with Crippen molar-refractivity contribution in [2.45, 2.75) is 30.3 Å². The topological polar surface area (TPSA) is 156 Å². The molecule has 0 saturated heterocycles. The number of carboxylic acid groups (broad SMARTS) is 1. The fourth-order valence-corrected chi connectivity index (χ4v) is 2.77. The lowest BCUT2D eigenvalue weighted by molar-refractivity contribution is -0.207. The number of benzene rings is 1. The van der Waals surface area contributed by atoms with Crippen LogP contribution in [0.5, 0.6) is 5.75 Å². The second-order valence-electron chi connectivity index (χ2n) is 5.79. The number of phenolic OH excluding ortho intramolecular Hbond substituents is 1. The van der Waals surface area contributed by atoms with E-state index in [9.17, 15) is 40.2 Å². The van der Waals surface area contributed by atoms with Gasteiger partial charge in [-0.2, -0.15) is 0 Å². The van der Waals surface area contributed by atoms with Gasteiger partial charge in [0, 0.05) is 6.42 Å². The molecule has 1 aliphatic rings. The SMILES string of the molecule is O=C(C=Cc1ccc(O)cc1)C1[C@@H](O)C(O)[C@H](O)CC1(O)C(=O)O. The van der Waals surface area contributed by atoms with E-state index >= 15 is 0 Å². The van der Waals surface area contributed by atoms with Crippen molar-refractivity contribution in [1.82, 2.24) is 0 Å². The van der Waals surface area contributed by atoms with Gasteiger partial charge >= 0.3 is 5.97 Å². The van der Waals surface area contributed by atoms with Crippen LogP contribution in [-0.4, -0.2) is 66.3 Å². The molecule has 8 heteroatoms. The first-order valence-corrected chi connectivity index (χ1v) is 7.17. The Morgan fingerprint density at radius 3 is 2.21 bits per heavy atom. The fourth-order valence-electron chi connectivity index (χ4n) is 2.77. The number of carbonyl (C=O) groups excluding carboxylic acids is 1. The minimum Gasteiger partial charge on any atom is -0.508 e. The van der Waals surface area contributed by atoms with Crippen LogP contribution in [0.4, 0.5) is 0 Å². The van der Waals surface area contributed by atoms with Gasteiger partial charge in [0.05, 0.1) is 18.1 Å². The molecule has 0 amide bonds. The fraction of sp³-hybridized carbons (Fsp3) is 0.375. The summed E-state index contributed by atoms with van der Waals surface area (Å²) in [7, 11) is 0. The summed E-state index contributed by atoms with van der Waals surface area (Å²) in [5.74, 6) is -4.49. The highest BCUT2D eigenvalue weighted by molar-refractivity contribution is 6.00. The average Bonchev–Trinajstić information content (AvgIpc) is 2.52. The normalized spacial score (nSPS) is 33.5. The van der Waals surface area contributed by atoms with Crippen LogP contribution < -0.4 is 0 Å². The third-order valence-corrected chi connectivity index (χ3v) is 4.13. The molecule has 130 valence electrons. The van der Waals surface area contributed by atoms with Crippen LogP contribution in [-0.2, 0) is 9.59 Å². The zero-order valence-electron chi connectivity index (χ0n) is 12.5. The number of aliphatic hydroxyl groups excluding tert-OH is 3. The highest BCUT2D eigenvalue weighted by Crippen LogP contribution is 2.36. The number of carboxylic acids is 1. The smallest absolute Gasteiger partial charge is 0.336 e. The summed E-state index contributed by atoms with van der Waals surface area (Å²) in [5.41, 5.74) is -2.18. The van der Waals surface area contributed by atoms with E-state index < -0.39 is 48.0 Å². The van der Waals surface area contributed by atoms with Gasteiger partial charge < -0.3 is 30.6 Å². The third-order valence-electron chi connectivity index (χ3n) is 4.13. The van der Waals surface area contributed by atoms with Gasteiger partial charge in [0.1, 0.15) is 11.9 Å². The summed E-state index contributed by atoms with van der Waals surface area (Å²) in [6, 6.07) is 5.76. The van der Waals surface area contributed by atoms with E-state index in [0.29, 0.717) is 5.56 Å². The van der Waals surface area contributed by atoms with E-state index in [0.717, 1.165) is 6.08 Å². The van der Waals surface area contributed by atoms with Gasteiger partial charge in [0.25, 0.3) is 0 Å². The Kier molecular flexibility index (Phi) is 5.05. The summed E-state index contributed by atoms with van der Waals surface area (Å²) in [6.07, 6.45) is -3.87. The van der Waals surface area contributed by atoms with Crippen molar-refractivity contribution < 1.29 is 40.2 Å². The van der Waals surface area contributed by atoms with E-state index in [1.54, 1.807) is 0 Å². The maximum atomic E-state index is 12.3. The molecule has 1 aromatic carbocycles. The zero-order valence-corrected chi connectivity index (χ0v) is 12.5. The van der Waals surface area contributed by atoms with Crippen molar-refractivity contribution in [2.24, 2.45) is 5.92 Å². The lowest BCUT2D eigenvalue weighted by atomic mass is 9.69. The van der Waals surface area contributed by atoms with Crippen LogP contribution in [0.25, 0.3) is 6.08 Å². The maximum absolute atomic E-state index is 12.3. The molecule has 1 aliphatic carbocycles. The van der Waals surface area contributed by atoms with Gasteiger partial charge in [-0.1, -0.05) is 18.2 Å². The van der Waals surface area contributed by atoms with Crippen molar-refractivity contribution in [3.05, 3.63) is 35.9 Å². The third kappa shape index (κ3) is 3.31. The van der Waals surface area contributed by atoms with Gasteiger partial charge in [-0.15, -0.1) is 0 Å². The maximum Gasteiger partial charge on any atom is 0.336 e. The molecule has 24 heavy (non-hydrogen) atoms. The monoisotopic (exact) mass is 338 g/mol. The van der Waals surface area contributed by atoms with Crippen LogP contribution in [0, 0.1) is 5.92 Å². The second kappa shape index (κ2) is 6.70. The second-order valence-corrected chi connectivity index (χ2v) is 5.79. The molecular weight excluding hydrogens is 320 g/mol. The van der Waals surface area contributed by atoms with Crippen LogP contribution in [0.1, 0.15) is 12.0 Å². The van der Waals surface area contributed by atoms with Crippen LogP contribution in [0.15, 0.2) is 30.3 Å². The molecule has 6 N–H and O–H groups in total. The van der Waals surface area contributed by atoms with Crippen molar-refractivity contribution >= 4 is 17.8 Å². The Hall–Kier alpha value is -2.26. The Bertz CT molecular complexity index is 653. The molecule has 5 atom stereocenters. The number of allylic oxidation sites excluding steroid dienone is 1. The molecule has 0 aliphatic heterocycles. The quantitative estimate of drug-likeness (QED) is 0.378. The molecule has 1 fully saturated rings. The van der Waals surface area contributed by atoms with Crippen molar-refractivity contribution in [3.8, 4) is 5.75 Å². The molecule has 8 nitrogen and oxygen atoms in total. The number of aliphatic carboxylic acids is 1. The van der Waals surface area contributed by atoms with Gasteiger partial charge in [-0.25, -0.2) is 4.79 Å². The van der Waals surface area contributed by atoms with Crippen molar-refractivity contribution in [3.63, 3.8) is 0 Å². The van der Waals surface area contributed by atoms with E-state index in [1.165, 1.54) is 30.3 Å². The van der Waals surface area contributed by atoms with Gasteiger partial charge in [-0.3, -0.25) is 4.79 Å². The van der Waals surface area contributed by atoms with Crippen molar-refractivity contribution in [2.75, 3.05) is 0 Å². The molecule has 0 aromatic heterocycles. The van der Waals surface area contributed by atoms with E-state index in [-0.39, 0.29) is 5.75 Å². The Morgan fingerprint density at radius 2 is 1.67 bits per heavy atom. The van der Waals surface area contributed by atoms with Crippen LogP contribution in [0.3, 0.4) is 0 Å². The molecule has 3 unspecified atom stereocenters. The first-order valence-electron chi connectivity index (χ1n) is 7.17. The molecule has 0 spiro atoms. The van der Waals surface area contributed by atoms with E-state index in [4.69, 9.17) is 0 Å². The highest BCUT2D eigenvalue weighted by Gasteiger charge is 2.58. The lowest BCUT2D eigenvalue weighted by Crippen LogP contribution is -2.64. The zero-order chi connectivity index (χ0) is 18.1. The number of rotatable bonds is 4. The number of phenols is 1. The Labute approximate surface area is 136 Å². The standard InChI is InChI=1S/C16H18O8/c17-9-4-1-8(2-5-9)3-6-10(18)12-14(21)13(20)11(19)7-16(12,24)15(22)23/h1-6,11-14,17,19-21,24H,7H2,(H,22,23)/t11-,12?,13?,14-,16?/m1/s1. The first kappa shape index (κ1) is 18.1. The minimum absolute atomic E-state index is 0.0264. The molecule has 0 bridgehead atoms. The molecule has 0 radical (unpaired) electrons.